The summed E-state index contributed by atoms with van der Waals surface area (Å²) in [6.07, 6.45) is 3.62. The van der Waals surface area contributed by atoms with Gasteiger partial charge >= 0.3 is 18.1 Å². The molecular formula is C38H47Br2N5O8. The van der Waals surface area contributed by atoms with Gasteiger partial charge in [0.1, 0.15) is 5.75 Å². The molecule has 5 amide bonds. The van der Waals surface area contributed by atoms with Crippen molar-refractivity contribution in [1.29, 1.82) is 0 Å². The van der Waals surface area contributed by atoms with E-state index in [1.165, 1.54) is 0 Å². The molecule has 4 aliphatic heterocycles. The lowest BCUT2D eigenvalue weighted by Gasteiger charge is -2.41. The third kappa shape index (κ3) is 9.64. The number of carboxylic acid groups (broad SMARTS) is 1. The summed E-state index contributed by atoms with van der Waals surface area (Å²) < 4.78 is 6.94. The molecule has 13 nitrogen and oxygen atoms in total. The van der Waals surface area contributed by atoms with Gasteiger partial charge in [0.2, 0.25) is 5.91 Å². The number of aromatic hydroxyl groups is 1. The first kappa shape index (κ1) is 38.9. The lowest BCUT2D eigenvalue weighted by molar-refractivity contribution is -0.143. The van der Waals surface area contributed by atoms with E-state index in [2.05, 4.69) is 37.2 Å². The summed E-state index contributed by atoms with van der Waals surface area (Å²) in [7, 11) is 0. The van der Waals surface area contributed by atoms with Crippen molar-refractivity contribution in [2.75, 3.05) is 51.1 Å². The number of urea groups is 1. The van der Waals surface area contributed by atoms with Gasteiger partial charge in [-0.05, 0) is 118 Å². The van der Waals surface area contributed by atoms with Crippen LogP contribution >= 0.6 is 31.9 Å². The highest BCUT2D eigenvalue weighted by Crippen LogP contribution is 2.36. The third-order valence-electron chi connectivity index (χ3n) is 11.3. The number of carbonyl (C=O) groups excluding carboxylic acids is 4. The van der Waals surface area contributed by atoms with Crippen molar-refractivity contribution in [3.05, 3.63) is 56.5 Å². The van der Waals surface area contributed by atoms with E-state index in [0.717, 1.165) is 43.4 Å². The molecule has 2 aromatic carbocycles. The number of likely N-dealkylation sites (tertiary alicyclic amines) is 3. The van der Waals surface area contributed by atoms with Crippen molar-refractivity contribution in [2.45, 2.75) is 76.4 Å². The Morgan fingerprint density at radius 2 is 1.40 bits per heavy atom. The van der Waals surface area contributed by atoms with Crippen LogP contribution in [0.2, 0.25) is 0 Å². The number of hydrogen-bond donors (Lipinski definition) is 3. The molecule has 4 heterocycles. The molecule has 15 heteroatoms. The molecule has 286 valence electrons. The van der Waals surface area contributed by atoms with E-state index in [1.807, 2.05) is 29.2 Å². The molecule has 0 unspecified atom stereocenters. The van der Waals surface area contributed by atoms with Crippen LogP contribution in [-0.4, -0.2) is 118 Å². The Bertz CT molecular complexity index is 1660. The smallest absolute Gasteiger partial charge is 0.410 e. The second-order valence-corrected chi connectivity index (χ2v) is 16.2. The quantitative estimate of drug-likeness (QED) is 0.283. The van der Waals surface area contributed by atoms with Crippen molar-refractivity contribution in [1.82, 2.24) is 19.6 Å². The molecule has 0 aliphatic carbocycles. The first-order valence-electron chi connectivity index (χ1n) is 18.5. The number of carbonyl (C=O) groups is 5. The number of hydrogen-bond acceptors (Lipinski definition) is 7. The van der Waals surface area contributed by atoms with Crippen molar-refractivity contribution in [3.8, 4) is 5.75 Å². The van der Waals surface area contributed by atoms with E-state index in [1.54, 1.807) is 26.8 Å². The number of aliphatic carboxylic acids is 1. The third-order valence-corrected chi connectivity index (χ3v) is 12.5. The second kappa shape index (κ2) is 17.5. The fraction of sp³-hybridized carbons (Fsp3) is 0.553. The van der Waals surface area contributed by atoms with Crippen LogP contribution < -0.4 is 5.32 Å². The number of benzene rings is 2. The Morgan fingerprint density at radius 3 is 2.02 bits per heavy atom. The number of para-hydroxylation sites is 1. The number of ether oxygens (including phenoxy) is 1. The Labute approximate surface area is 326 Å². The van der Waals surface area contributed by atoms with Crippen LogP contribution in [-0.2, 0) is 32.0 Å². The summed E-state index contributed by atoms with van der Waals surface area (Å²) in [6, 6.07) is 11.1. The van der Waals surface area contributed by atoms with Crippen LogP contribution in [0.3, 0.4) is 0 Å². The van der Waals surface area contributed by atoms with Gasteiger partial charge in [0.05, 0.1) is 15.4 Å². The van der Waals surface area contributed by atoms with Crippen LogP contribution in [0.1, 0.15) is 62.5 Å². The summed E-state index contributed by atoms with van der Waals surface area (Å²) in [4.78, 5) is 71.2. The lowest BCUT2D eigenvalue weighted by atomic mass is 9.78. The second-order valence-electron chi connectivity index (χ2n) is 14.5. The van der Waals surface area contributed by atoms with Gasteiger partial charge in [0.25, 0.3) is 5.91 Å². The van der Waals surface area contributed by atoms with Gasteiger partial charge in [-0.1, -0.05) is 18.2 Å². The molecule has 0 bridgehead atoms. The van der Waals surface area contributed by atoms with E-state index in [-0.39, 0.29) is 48.9 Å². The zero-order valence-electron chi connectivity index (χ0n) is 29.7. The molecule has 0 saturated carbocycles. The molecule has 0 aromatic heterocycles. The van der Waals surface area contributed by atoms with Gasteiger partial charge in [-0.25, -0.2) is 9.59 Å². The number of halogens is 2. The van der Waals surface area contributed by atoms with Gasteiger partial charge in [-0.2, -0.15) is 0 Å². The van der Waals surface area contributed by atoms with E-state index in [4.69, 9.17) is 9.84 Å². The normalized spacial score (nSPS) is 19.6. The van der Waals surface area contributed by atoms with Crippen LogP contribution in [0.4, 0.5) is 15.3 Å². The van der Waals surface area contributed by atoms with E-state index >= 15 is 0 Å². The number of amides is 5. The Hall–Kier alpha value is -3.85. The van der Waals surface area contributed by atoms with Crippen LogP contribution in [0.5, 0.6) is 5.75 Å². The molecular weight excluding hydrogens is 814 g/mol. The monoisotopic (exact) mass is 859 g/mol. The number of carboxylic acids is 1. The molecule has 1 atom stereocenters. The number of nitrogens with one attached hydrogen (secondary N) is 1. The fourth-order valence-corrected chi connectivity index (χ4v) is 9.49. The highest BCUT2D eigenvalue weighted by atomic mass is 79.9. The molecule has 6 rings (SSSR count). The maximum atomic E-state index is 14.1. The van der Waals surface area contributed by atoms with Gasteiger partial charge in [0.15, 0.2) is 6.10 Å². The van der Waals surface area contributed by atoms with Gasteiger partial charge in [-0.3, -0.25) is 14.4 Å². The lowest BCUT2D eigenvalue weighted by Crippen LogP contribution is -2.52. The number of phenols is 1. The summed E-state index contributed by atoms with van der Waals surface area (Å²) in [6.45, 7) is 3.69. The summed E-state index contributed by atoms with van der Waals surface area (Å²) in [5, 5.41) is 22.2. The molecule has 0 radical (unpaired) electrons. The number of piperidine rings is 3. The van der Waals surface area contributed by atoms with Crippen molar-refractivity contribution in [3.63, 3.8) is 0 Å². The minimum absolute atomic E-state index is 0.0234. The maximum Gasteiger partial charge on any atom is 0.410 e. The first-order chi connectivity index (χ1) is 25.5. The SMILES string of the molecule is O=C(O)CCC(=O)N1CCC(C2CCN(C(=O)[C@@H](Cc3cc(Br)c(O)c(Br)c3)OC(=O)N3CCC(N4CCc5ccccc5NC4=O)CC3)CC2)CC1. The van der Waals surface area contributed by atoms with E-state index in [9.17, 15) is 29.1 Å². The standard InChI is InChI=1S/C38H47Br2N5O8/c39-29-21-24(22-30(40)35(29)49)23-32(36(50)43-16-9-26(10-17-43)25-7-14-42(15-8-25)33(46)5-6-34(47)48)53-38(52)44-18-12-28(13-19-44)45-20-11-27-3-1-2-4-31(27)41-37(45)51/h1-4,21-22,25-26,28,32,49H,5-20,23H2,(H,41,51)(H,47,48)/t32-/m1/s1. The van der Waals surface area contributed by atoms with Crippen LogP contribution in [0.15, 0.2) is 45.3 Å². The van der Waals surface area contributed by atoms with Crippen molar-refractivity contribution >= 4 is 67.5 Å². The number of nitrogens with zero attached hydrogens (tertiary/aromatic N) is 4. The van der Waals surface area contributed by atoms with Crippen molar-refractivity contribution in [2.24, 2.45) is 11.8 Å². The fourth-order valence-electron chi connectivity index (χ4n) is 8.21. The van der Waals surface area contributed by atoms with E-state index < -0.39 is 18.2 Å². The molecule has 3 saturated heterocycles. The average molecular weight is 862 g/mol. The number of phenolic OH excluding ortho intramolecular Hbond substituents is 1. The van der Waals surface area contributed by atoms with Crippen LogP contribution in [0.25, 0.3) is 0 Å². The van der Waals surface area contributed by atoms with Gasteiger partial charge < -0.3 is 39.9 Å². The van der Waals surface area contributed by atoms with Gasteiger partial charge in [0, 0.05) is 70.4 Å². The maximum absolute atomic E-state index is 14.1. The highest BCUT2D eigenvalue weighted by Gasteiger charge is 2.37. The molecule has 53 heavy (non-hydrogen) atoms. The Morgan fingerprint density at radius 1 is 0.811 bits per heavy atom. The predicted octanol–water partition coefficient (Wildman–Crippen LogP) is 5.86. The Kier molecular flexibility index (Phi) is 12.9. The van der Waals surface area contributed by atoms with Crippen molar-refractivity contribution < 1.29 is 38.9 Å². The molecule has 3 fully saturated rings. The molecule has 0 spiro atoms. The van der Waals surface area contributed by atoms with Gasteiger partial charge in [-0.15, -0.1) is 0 Å². The minimum Gasteiger partial charge on any atom is -0.506 e. The van der Waals surface area contributed by atoms with E-state index in [0.29, 0.717) is 85.0 Å². The number of fused-ring (bicyclic) bond motifs is 1. The zero-order chi connectivity index (χ0) is 37.6. The highest BCUT2D eigenvalue weighted by molar-refractivity contribution is 9.11. The summed E-state index contributed by atoms with van der Waals surface area (Å²) in [5.41, 5.74) is 2.64. The summed E-state index contributed by atoms with van der Waals surface area (Å²) >= 11 is 6.74. The minimum atomic E-state index is -1.07. The largest absolute Gasteiger partial charge is 0.506 e. The first-order valence-corrected chi connectivity index (χ1v) is 20.1. The summed E-state index contributed by atoms with van der Waals surface area (Å²) in [5.74, 6) is -0.470. The average Bonchev–Trinajstić information content (AvgIpc) is 3.33. The molecule has 3 N–H and O–H groups in total. The molecule has 4 aliphatic rings. The Balaban J connectivity index is 1.04. The van der Waals surface area contributed by atoms with Crippen LogP contribution in [0, 0.1) is 11.8 Å². The molecule has 2 aromatic rings. The number of anilines is 1. The zero-order valence-corrected chi connectivity index (χ0v) is 32.9. The topological polar surface area (TPSA) is 160 Å². The predicted molar refractivity (Wildman–Crippen MR) is 203 cm³/mol. The number of rotatable bonds is 9.